The van der Waals surface area contributed by atoms with Gasteiger partial charge >= 0.3 is 0 Å². The van der Waals surface area contributed by atoms with E-state index in [-0.39, 0.29) is 18.8 Å². The third-order valence-corrected chi connectivity index (χ3v) is 2.70. The van der Waals surface area contributed by atoms with Gasteiger partial charge in [-0.1, -0.05) is 0 Å². The molecule has 6 nitrogen and oxygen atoms in total. The maximum Gasteiger partial charge on any atom is 0.186 e. The lowest BCUT2D eigenvalue weighted by Crippen LogP contribution is -2.42. The molecule has 0 saturated carbocycles. The van der Waals surface area contributed by atoms with Gasteiger partial charge in [-0.3, -0.25) is 0 Å². The highest BCUT2D eigenvalue weighted by Crippen LogP contribution is 2.28. The SMILES string of the molecule is COC[C@@H](O)[C@H]1O[C@@H](OC)[C@H](OC)[C@H]1OC. The lowest BCUT2D eigenvalue weighted by molar-refractivity contribution is -0.171. The third-order valence-electron chi connectivity index (χ3n) is 2.70. The van der Waals surface area contributed by atoms with Gasteiger partial charge in [-0.15, -0.1) is 0 Å². The Kier molecular flexibility index (Phi) is 5.60. The van der Waals surface area contributed by atoms with Crippen LogP contribution in [0.25, 0.3) is 0 Å². The minimum absolute atomic E-state index is 0.178. The maximum absolute atomic E-state index is 9.84. The summed E-state index contributed by atoms with van der Waals surface area (Å²) in [5.74, 6) is 0. The van der Waals surface area contributed by atoms with Crippen molar-refractivity contribution in [2.24, 2.45) is 0 Å². The minimum Gasteiger partial charge on any atom is -0.388 e. The Labute approximate surface area is 95.4 Å². The van der Waals surface area contributed by atoms with Gasteiger partial charge in [0.25, 0.3) is 0 Å². The van der Waals surface area contributed by atoms with Gasteiger partial charge < -0.3 is 28.8 Å². The van der Waals surface area contributed by atoms with Crippen molar-refractivity contribution >= 4 is 0 Å². The molecule has 1 rings (SSSR count). The zero-order valence-corrected chi connectivity index (χ0v) is 10.1. The first-order valence-electron chi connectivity index (χ1n) is 5.10. The Balaban J connectivity index is 2.70. The summed E-state index contributed by atoms with van der Waals surface area (Å²) in [6, 6.07) is 0. The van der Waals surface area contributed by atoms with Gasteiger partial charge in [-0.05, 0) is 0 Å². The lowest BCUT2D eigenvalue weighted by atomic mass is 10.1. The second-order valence-electron chi connectivity index (χ2n) is 3.63. The summed E-state index contributed by atoms with van der Waals surface area (Å²) in [5, 5.41) is 9.84. The number of hydrogen-bond acceptors (Lipinski definition) is 6. The fourth-order valence-electron chi connectivity index (χ4n) is 1.93. The summed E-state index contributed by atoms with van der Waals surface area (Å²) in [6.45, 7) is 0.178. The van der Waals surface area contributed by atoms with Crippen molar-refractivity contribution in [1.29, 1.82) is 0 Å². The largest absolute Gasteiger partial charge is 0.388 e. The van der Waals surface area contributed by atoms with Gasteiger partial charge in [-0.2, -0.15) is 0 Å². The van der Waals surface area contributed by atoms with Crippen molar-refractivity contribution in [2.75, 3.05) is 35.0 Å². The molecule has 96 valence electrons. The van der Waals surface area contributed by atoms with Crippen molar-refractivity contribution in [1.82, 2.24) is 0 Å². The first kappa shape index (κ1) is 13.8. The second-order valence-corrected chi connectivity index (χ2v) is 3.63. The Hall–Kier alpha value is -0.240. The summed E-state index contributed by atoms with van der Waals surface area (Å²) in [6.07, 6.45) is -2.55. The van der Waals surface area contributed by atoms with Gasteiger partial charge in [0.15, 0.2) is 6.29 Å². The van der Waals surface area contributed by atoms with Crippen LogP contribution in [0, 0.1) is 0 Å². The fourth-order valence-corrected chi connectivity index (χ4v) is 1.93. The highest BCUT2D eigenvalue weighted by atomic mass is 16.7. The molecule has 6 heteroatoms. The number of aliphatic hydroxyl groups excluding tert-OH is 1. The third kappa shape index (κ3) is 2.71. The van der Waals surface area contributed by atoms with E-state index in [0.29, 0.717) is 0 Å². The molecule has 1 N–H and O–H groups in total. The summed E-state index contributed by atoms with van der Waals surface area (Å²) in [4.78, 5) is 0. The molecule has 1 heterocycles. The van der Waals surface area contributed by atoms with Crippen molar-refractivity contribution < 1.29 is 28.8 Å². The smallest absolute Gasteiger partial charge is 0.186 e. The topological polar surface area (TPSA) is 66.4 Å². The van der Waals surface area contributed by atoms with Crippen LogP contribution in [0.15, 0.2) is 0 Å². The lowest BCUT2D eigenvalue weighted by Gasteiger charge is -2.23. The van der Waals surface area contributed by atoms with E-state index in [9.17, 15) is 5.11 Å². The summed E-state index contributed by atoms with van der Waals surface area (Å²) < 4.78 is 26.1. The molecule has 0 radical (unpaired) electrons. The summed E-state index contributed by atoms with van der Waals surface area (Å²) >= 11 is 0. The number of ether oxygens (including phenoxy) is 5. The molecule has 1 aliphatic rings. The van der Waals surface area contributed by atoms with Crippen molar-refractivity contribution in [3.8, 4) is 0 Å². The summed E-state index contributed by atoms with van der Waals surface area (Å²) in [5.41, 5.74) is 0. The van der Waals surface area contributed by atoms with Crippen LogP contribution in [0.3, 0.4) is 0 Å². The molecule has 0 aromatic carbocycles. The molecule has 0 bridgehead atoms. The van der Waals surface area contributed by atoms with Gasteiger partial charge in [0.1, 0.15) is 24.4 Å². The average molecular weight is 236 g/mol. The molecule has 16 heavy (non-hydrogen) atoms. The van der Waals surface area contributed by atoms with Crippen LogP contribution >= 0.6 is 0 Å². The molecular formula is C10H20O6. The monoisotopic (exact) mass is 236 g/mol. The van der Waals surface area contributed by atoms with Gasteiger partial charge in [-0.25, -0.2) is 0 Å². The van der Waals surface area contributed by atoms with Crippen LogP contribution in [-0.2, 0) is 23.7 Å². The van der Waals surface area contributed by atoms with E-state index in [1.54, 1.807) is 14.2 Å². The van der Waals surface area contributed by atoms with E-state index in [0.717, 1.165) is 0 Å². The number of aliphatic hydroxyl groups is 1. The number of rotatable bonds is 6. The van der Waals surface area contributed by atoms with Crippen LogP contribution < -0.4 is 0 Å². The van der Waals surface area contributed by atoms with Crippen LogP contribution in [0.5, 0.6) is 0 Å². The van der Waals surface area contributed by atoms with Gasteiger partial charge in [0.05, 0.1) is 6.61 Å². The van der Waals surface area contributed by atoms with E-state index in [1.807, 2.05) is 0 Å². The fraction of sp³-hybridized carbons (Fsp3) is 1.00. The van der Waals surface area contributed by atoms with Crippen molar-refractivity contribution in [3.63, 3.8) is 0 Å². The Morgan fingerprint density at radius 1 is 1.06 bits per heavy atom. The van der Waals surface area contributed by atoms with Crippen LogP contribution in [-0.4, -0.2) is 70.9 Å². The highest BCUT2D eigenvalue weighted by Gasteiger charge is 2.48. The molecule has 0 aromatic rings. The summed E-state index contributed by atoms with van der Waals surface area (Å²) in [7, 11) is 6.14. The molecule has 5 atom stereocenters. The standard InChI is InChI=1S/C10H20O6/c1-12-5-6(11)7-8(13-2)9(14-3)10(15-4)16-7/h6-11H,5H2,1-4H3/t6-,7-,8+,9-,10-/m1/s1. The quantitative estimate of drug-likeness (QED) is 0.664. The number of hydrogen-bond donors (Lipinski definition) is 1. The number of methoxy groups -OCH3 is 4. The van der Waals surface area contributed by atoms with Crippen molar-refractivity contribution in [2.45, 2.75) is 30.7 Å². The highest BCUT2D eigenvalue weighted by molar-refractivity contribution is 4.92. The molecule has 0 amide bonds. The Morgan fingerprint density at radius 3 is 2.12 bits per heavy atom. The predicted octanol–water partition coefficient (Wildman–Crippen LogP) is -0.605. The average Bonchev–Trinajstić information content (AvgIpc) is 2.66. The molecule has 1 aliphatic heterocycles. The minimum atomic E-state index is -0.771. The van der Waals surface area contributed by atoms with E-state index in [1.165, 1.54) is 14.2 Å². The van der Waals surface area contributed by atoms with E-state index >= 15 is 0 Å². The van der Waals surface area contributed by atoms with E-state index < -0.39 is 18.5 Å². The Morgan fingerprint density at radius 2 is 1.69 bits per heavy atom. The molecule has 0 aliphatic carbocycles. The van der Waals surface area contributed by atoms with Crippen LogP contribution in [0.1, 0.15) is 0 Å². The Bertz CT molecular complexity index is 200. The van der Waals surface area contributed by atoms with E-state index in [2.05, 4.69) is 0 Å². The van der Waals surface area contributed by atoms with Gasteiger partial charge in [0.2, 0.25) is 0 Å². The van der Waals surface area contributed by atoms with Gasteiger partial charge in [0, 0.05) is 28.4 Å². The predicted molar refractivity (Wildman–Crippen MR) is 55.1 cm³/mol. The second kappa shape index (κ2) is 6.48. The normalized spacial score (nSPS) is 36.6. The zero-order valence-electron chi connectivity index (χ0n) is 10.1. The molecule has 0 aromatic heterocycles. The molecule has 1 fully saturated rings. The van der Waals surface area contributed by atoms with Crippen LogP contribution in [0.2, 0.25) is 0 Å². The molecular weight excluding hydrogens is 216 g/mol. The molecule has 0 spiro atoms. The molecule has 0 unspecified atom stereocenters. The molecule has 1 saturated heterocycles. The maximum atomic E-state index is 9.84. The van der Waals surface area contributed by atoms with Crippen LogP contribution in [0.4, 0.5) is 0 Å². The first-order valence-corrected chi connectivity index (χ1v) is 5.10. The van der Waals surface area contributed by atoms with E-state index in [4.69, 9.17) is 23.7 Å². The zero-order chi connectivity index (χ0) is 12.1. The van der Waals surface area contributed by atoms with Crippen molar-refractivity contribution in [3.05, 3.63) is 0 Å². The first-order chi connectivity index (χ1) is 7.69.